The molecular formula is C20H20Cl2N4O3S. The maximum atomic E-state index is 12.4. The molecule has 1 heterocycles. The molecule has 1 N–H and O–H groups in total. The van der Waals surface area contributed by atoms with Crippen molar-refractivity contribution in [3.05, 3.63) is 52.5 Å². The van der Waals surface area contributed by atoms with E-state index in [1.165, 1.54) is 11.8 Å². The number of methoxy groups -OCH3 is 1. The van der Waals surface area contributed by atoms with E-state index in [0.29, 0.717) is 51.2 Å². The Kier molecular flexibility index (Phi) is 7.84. The van der Waals surface area contributed by atoms with Crippen LogP contribution in [0.5, 0.6) is 11.5 Å². The second kappa shape index (κ2) is 10.6. The zero-order valence-corrected chi connectivity index (χ0v) is 18.7. The number of carbonyl (C=O) groups is 1. The summed E-state index contributed by atoms with van der Waals surface area (Å²) in [5.74, 6) is 2.02. The molecule has 0 saturated carbocycles. The van der Waals surface area contributed by atoms with Crippen LogP contribution in [0.15, 0.2) is 47.6 Å². The summed E-state index contributed by atoms with van der Waals surface area (Å²) < 4.78 is 11.0. The van der Waals surface area contributed by atoms with Gasteiger partial charge in [0.25, 0.3) is 0 Å². The highest BCUT2D eigenvalue weighted by Crippen LogP contribution is 2.31. The van der Waals surface area contributed by atoms with Gasteiger partial charge in [-0.25, -0.2) is 4.98 Å². The average molecular weight is 467 g/mol. The van der Waals surface area contributed by atoms with Crippen molar-refractivity contribution in [2.24, 2.45) is 0 Å². The van der Waals surface area contributed by atoms with Crippen LogP contribution in [-0.4, -0.2) is 59.1 Å². The number of nitrogens with one attached hydrogen (secondary N) is 1. The van der Waals surface area contributed by atoms with Crippen LogP contribution >= 0.6 is 35.0 Å². The molecule has 0 spiro atoms. The summed E-state index contributed by atoms with van der Waals surface area (Å²) in [7, 11) is 3.30. The lowest BCUT2D eigenvalue weighted by atomic mass is 10.2. The number of ether oxygens (including phenoxy) is 2. The van der Waals surface area contributed by atoms with Crippen molar-refractivity contribution < 1.29 is 14.3 Å². The van der Waals surface area contributed by atoms with Crippen molar-refractivity contribution >= 4 is 40.9 Å². The number of hydrogen-bond donors (Lipinski definition) is 1. The molecule has 0 aliphatic rings. The predicted molar refractivity (Wildman–Crippen MR) is 119 cm³/mol. The van der Waals surface area contributed by atoms with Gasteiger partial charge in [-0.05, 0) is 42.5 Å². The number of H-pyrrole nitrogens is 1. The van der Waals surface area contributed by atoms with Gasteiger partial charge >= 0.3 is 0 Å². The van der Waals surface area contributed by atoms with Crippen molar-refractivity contribution in [3.63, 3.8) is 0 Å². The van der Waals surface area contributed by atoms with Crippen LogP contribution in [0.3, 0.4) is 0 Å². The van der Waals surface area contributed by atoms with Crippen molar-refractivity contribution in [1.29, 1.82) is 0 Å². The highest BCUT2D eigenvalue weighted by atomic mass is 35.5. The van der Waals surface area contributed by atoms with E-state index in [1.54, 1.807) is 61.5 Å². The second-order valence-corrected chi connectivity index (χ2v) is 8.03. The Morgan fingerprint density at radius 2 is 1.90 bits per heavy atom. The first-order valence-electron chi connectivity index (χ1n) is 8.97. The van der Waals surface area contributed by atoms with Gasteiger partial charge in [0.15, 0.2) is 5.82 Å². The minimum atomic E-state index is -0.0496. The molecule has 0 fully saturated rings. The summed E-state index contributed by atoms with van der Waals surface area (Å²) in [6, 6.07) is 12.3. The fourth-order valence-corrected chi connectivity index (χ4v) is 3.53. The lowest BCUT2D eigenvalue weighted by Crippen LogP contribution is -2.32. The third kappa shape index (κ3) is 6.04. The number of aromatic amines is 1. The number of halogens is 2. The Balaban J connectivity index is 1.49. The van der Waals surface area contributed by atoms with Crippen LogP contribution in [0.2, 0.25) is 10.0 Å². The number of hydrogen-bond acceptors (Lipinski definition) is 6. The number of aromatic nitrogens is 3. The van der Waals surface area contributed by atoms with Gasteiger partial charge in [0.2, 0.25) is 11.1 Å². The lowest BCUT2D eigenvalue weighted by Gasteiger charge is -2.17. The largest absolute Gasteiger partial charge is 0.496 e. The van der Waals surface area contributed by atoms with Crippen LogP contribution in [-0.2, 0) is 4.79 Å². The summed E-state index contributed by atoms with van der Waals surface area (Å²) in [5, 5.41) is 8.70. The molecule has 2 aromatic carbocycles. The molecule has 0 radical (unpaired) electrons. The first-order valence-corrected chi connectivity index (χ1v) is 10.7. The molecule has 0 atom stereocenters. The Morgan fingerprint density at radius 1 is 1.17 bits per heavy atom. The molecule has 3 rings (SSSR count). The first kappa shape index (κ1) is 22.3. The monoisotopic (exact) mass is 466 g/mol. The molecule has 0 saturated heterocycles. The summed E-state index contributed by atoms with van der Waals surface area (Å²) >= 11 is 13.2. The van der Waals surface area contributed by atoms with Gasteiger partial charge in [-0.3, -0.25) is 9.89 Å². The summed E-state index contributed by atoms with van der Waals surface area (Å²) in [6.45, 7) is 0.842. The molecule has 0 bridgehead atoms. The molecule has 0 unspecified atom stereocenters. The molecule has 1 amide bonds. The van der Waals surface area contributed by atoms with Crippen molar-refractivity contribution in [2.45, 2.75) is 5.16 Å². The van der Waals surface area contributed by atoms with Gasteiger partial charge in [-0.1, -0.05) is 35.0 Å². The van der Waals surface area contributed by atoms with E-state index in [1.807, 2.05) is 0 Å². The van der Waals surface area contributed by atoms with Crippen molar-refractivity contribution in [3.8, 4) is 22.9 Å². The number of thioether (sulfide) groups is 1. The first-order chi connectivity index (χ1) is 14.5. The van der Waals surface area contributed by atoms with E-state index in [2.05, 4.69) is 15.2 Å². The molecule has 3 aromatic rings. The van der Waals surface area contributed by atoms with Gasteiger partial charge in [-0.15, -0.1) is 5.10 Å². The zero-order valence-electron chi connectivity index (χ0n) is 16.4. The summed E-state index contributed by atoms with van der Waals surface area (Å²) in [4.78, 5) is 18.4. The summed E-state index contributed by atoms with van der Waals surface area (Å²) in [5.41, 5.74) is 0.701. The Morgan fingerprint density at radius 3 is 2.63 bits per heavy atom. The highest BCUT2D eigenvalue weighted by Gasteiger charge is 2.15. The van der Waals surface area contributed by atoms with Gasteiger partial charge < -0.3 is 14.4 Å². The third-order valence-electron chi connectivity index (χ3n) is 4.14. The summed E-state index contributed by atoms with van der Waals surface area (Å²) in [6.07, 6.45) is 0. The Bertz CT molecular complexity index is 998. The minimum Gasteiger partial charge on any atom is -0.496 e. The topological polar surface area (TPSA) is 80.3 Å². The normalized spacial score (nSPS) is 10.7. The predicted octanol–water partition coefficient (Wildman–Crippen LogP) is 4.42. The van der Waals surface area contributed by atoms with E-state index >= 15 is 0 Å². The van der Waals surface area contributed by atoms with Gasteiger partial charge in [0.1, 0.15) is 18.1 Å². The van der Waals surface area contributed by atoms with E-state index < -0.39 is 0 Å². The molecule has 1 aromatic heterocycles. The smallest absolute Gasteiger partial charge is 0.232 e. The molecule has 10 heteroatoms. The third-order valence-corrected chi connectivity index (χ3v) is 5.46. The number of likely N-dealkylation sites (N-methyl/N-ethyl adjacent to an activating group) is 1. The van der Waals surface area contributed by atoms with E-state index in [0.717, 1.165) is 0 Å². The molecule has 0 aliphatic heterocycles. The molecule has 7 nitrogen and oxygen atoms in total. The Hall–Kier alpha value is -2.42. The molecule has 158 valence electrons. The maximum absolute atomic E-state index is 12.4. The quantitative estimate of drug-likeness (QED) is 0.470. The number of amides is 1. The van der Waals surface area contributed by atoms with Crippen LogP contribution in [0.25, 0.3) is 11.4 Å². The van der Waals surface area contributed by atoms with Gasteiger partial charge in [0, 0.05) is 17.1 Å². The van der Waals surface area contributed by atoms with E-state index in [4.69, 9.17) is 32.7 Å². The van der Waals surface area contributed by atoms with Gasteiger partial charge in [-0.2, -0.15) is 0 Å². The standard InChI is InChI=1S/C20H20Cl2N4O3S/c1-26(9-10-29-15-6-3-13(21)4-7-15)18(27)12-30-20-23-19(24-25-20)16-11-14(22)5-8-17(16)28-2/h3-8,11H,9-10,12H2,1-2H3,(H,23,24,25). The lowest BCUT2D eigenvalue weighted by molar-refractivity contribution is -0.127. The average Bonchev–Trinajstić information content (AvgIpc) is 3.22. The van der Waals surface area contributed by atoms with Crippen LogP contribution in [0.1, 0.15) is 0 Å². The minimum absolute atomic E-state index is 0.0496. The SMILES string of the molecule is COc1ccc(Cl)cc1-c1nc(SCC(=O)N(C)CCOc2ccc(Cl)cc2)n[nH]1. The fraction of sp³-hybridized carbons (Fsp3) is 0.250. The van der Waals surface area contributed by atoms with Crippen molar-refractivity contribution in [1.82, 2.24) is 20.1 Å². The molecular weight excluding hydrogens is 447 g/mol. The second-order valence-electron chi connectivity index (χ2n) is 6.22. The van der Waals surface area contributed by atoms with Crippen molar-refractivity contribution in [2.75, 3.05) is 33.1 Å². The maximum Gasteiger partial charge on any atom is 0.232 e. The molecule has 0 aliphatic carbocycles. The van der Waals surface area contributed by atoms with E-state index in [9.17, 15) is 4.79 Å². The molecule has 30 heavy (non-hydrogen) atoms. The van der Waals surface area contributed by atoms with Gasteiger partial charge in [0.05, 0.1) is 25.0 Å². The highest BCUT2D eigenvalue weighted by molar-refractivity contribution is 7.99. The number of carbonyl (C=O) groups excluding carboxylic acids is 1. The van der Waals surface area contributed by atoms with Crippen LogP contribution in [0, 0.1) is 0 Å². The number of nitrogens with zero attached hydrogens (tertiary/aromatic N) is 3. The number of rotatable bonds is 9. The Labute approximate surface area is 188 Å². The number of benzene rings is 2. The van der Waals surface area contributed by atoms with Crippen LogP contribution < -0.4 is 9.47 Å². The van der Waals surface area contributed by atoms with E-state index in [-0.39, 0.29) is 11.7 Å². The van der Waals surface area contributed by atoms with Crippen LogP contribution in [0.4, 0.5) is 0 Å². The fourth-order valence-electron chi connectivity index (χ4n) is 2.49. The zero-order chi connectivity index (χ0) is 21.5.